The summed E-state index contributed by atoms with van der Waals surface area (Å²) in [7, 11) is 3.15. The van der Waals surface area contributed by atoms with Crippen LogP contribution in [0.15, 0.2) is 259 Å². The number of hydrogen-bond donors (Lipinski definition) is 0. The van der Waals surface area contributed by atoms with Gasteiger partial charge in [-0.05, 0) is 317 Å². The fourth-order valence-electron chi connectivity index (χ4n) is 25.4. The van der Waals surface area contributed by atoms with Crippen molar-refractivity contribution < 1.29 is 0 Å². The summed E-state index contributed by atoms with van der Waals surface area (Å²) in [6, 6.07) is 20.3. The molecule has 1 saturated carbocycles. The molecule has 17 aliphatic rings. The molecule has 23 atom stereocenters. The summed E-state index contributed by atoms with van der Waals surface area (Å²) in [5.41, 5.74) is 24.5. The van der Waals surface area contributed by atoms with Gasteiger partial charge in [-0.3, -0.25) is 0 Å². The van der Waals surface area contributed by atoms with Crippen LogP contribution in [0.5, 0.6) is 0 Å². The van der Waals surface area contributed by atoms with E-state index in [0.717, 1.165) is 25.7 Å². The minimum atomic E-state index is 0.299. The van der Waals surface area contributed by atoms with Gasteiger partial charge in [0, 0.05) is 39.3 Å². The Bertz CT molecular complexity index is 4230. The predicted octanol–water partition coefficient (Wildman–Crippen LogP) is 26.3. The van der Waals surface area contributed by atoms with Crippen molar-refractivity contribution in [2.75, 3.05) is 0 Å². The molecular formula is C99H118B2NS2. The highest BCUT2D eigenvalue weighted by atomic mass is 32.2. The lowest BCUT2D eigenvalue weighted by molar-refractivity contribution is 0.00921. The Hall–Kier alpha value is -5.35. The lowest BCUT2D eigenvalue weighted by Gasteiger charge is -2.62. The number of piperidine rings is 1. The van der Waals surface area contributed by atoms with Gasteiger partial charge in [-0.25, -0.2) is 0 Å². The second kappa shape index (κ2) is 29.6. The average molecular weight is 1410 g/mol. The van der Waals surface area contributed by atoms with E-state index < -0.39 is 0 Å². The van der Waals surface area contributed by atoms with E-state index >= 15 is 0 Å². The first-order chi connectivity index (χ1) is 51.1. The van der Waals surface area contributed by atoms with Gasteiger partial charge in [0.15, 0.2) is 6.71 Å². The number of likely N-dealkylation sites (tertiary alicyclic amines) is 1. The van der Waals surface area contributed by atoms with Gasteiger partial charge >= 0.3 is 0 Å². The number of nitrogens with zero attached hydrogens (tertiary/aromatic N) is 1. The number of rotatable bonds is 12. The van der Waals surface area contributed by atoms with Crippen molar-refractivity contribution >= 4 is 37.5 Å². The topological polar surface area (TPSA) is 3.24 Å². The molecule has 5 heterocycles. The van der Waals surface area contributed by atoms with E-state index in [1.807, 2.05) is 16.7 Å². The van der Waals surface area contributed by atoms with Crippen LogP contribution in [0.25, 0.3) is 0 Å². The molecule has 2 aromatic rings. The molecule has 104 heavy (non-hydrogen) atoms. The van der Waals surface area contributed by atoms with Crippen LogP contribution in [0.2, 0.25) is 17.5 Å². The molecule has 12 aliphatic carbocycles. The monoisotopic (exact) mass is 1410 g/mol. The fraction of sp³-hybridized carbons (Fsp3) is 0.535. The van der Waals surface area contributed by atoms with Gasteiger partial charge in [0.25, 0.3) is 0 Å². The van der Waals surface area contributed by atoms with Crippen molar-refractivity contribution in [2.45, 2.75) is 257 Å². The molecule has 3 saturated heterocycles. The molecule has 0 N–H and O–H groups in total. The van der Waals surface area contributed by atoms with Crippen molar-refractivity contribution in [2.24, 2.45) is 82.9 Å². The highest BCUT2D eigenvalue weighted by Gasteiger charge is 2.66. The summed E-state index contributed by atoms with van der Waals surface area (Å²) in [5.74, 6) is 9.76. The molecule has 537 valence electrons. The smallest absolute Gasteiger partial charge is 0.171 e. The lowest BCUT2D eigenvalue weighted by atomic mass is 9.40. The number of allylic oxidation sites excluding steroid dienone is 31. The average Bonchev–Trinajstić information content (AvgIpc) is 1.56. The minimum absolute atomic E-state index is 0.299. The van der Waals surface area contributed by atoms with Gasteiger partial charge in [-0.15, -0.1) is 23.5 Å². The summed E-state index contributed by atoms with van der Waals surface area (Å²) in [4.78, 5) is 6.44. The molecule has 1 radical (unpaired) electrons. The molecule has 1 nitrogen and oxygen atoms in total. The Morgan fingerprint density at radius 3 is 2.24 bits per heavy atom. The molecule has 19 rings (SSSR count). The minimum Gasteiger partial charge on any atom is -0.364 e. The third-order valence-electron chi connectivity index (χ3n) is 30.7. The maximum Gasteiger partial charge on any atom is 0.171 e. The Labute approximate surface area is 637 Å². The van der Waals surface area contributed by atoms with E-state index in [0.29, 0.717) is 141 Å². The summed E-state index contributed by atoms with van der Waals surface area (Å²) in [6.45, 7) is 13.5. The zero-order valence-electron chi connectivity index (χ0n) is 63.7. The number of hydrogen-bond acceptors (Lipinski definition) is 3. The molecule has 4 fully saturated rings. The Morgan fingerprint density at radius 2 is 1.46 bits per heavy atom. The van der Waals surface area contributed by atoms with Crippen LogP contribution in [-0.2, 0) is 0 Å². The first-order valence-corrected chi connectivity index (χ1v) is 44.8. The molecule has 2 aromatic carbocycles. The van der Waals surface area contributed by atoms with E-state index in [9.17, 15) is 0 Å². The lowest BCUT2D eigenvalue weighted by Crippen LogP contribution is -2.62. The Kier molecular flexibility index (Phi) is 19.7. The first kappa shape index (κ1) is 69.1. The molecule has 5 aliphatic heterocycles. The van der Waals surface area contributed by atoms with Crippen LogP contribution in [-0.4, -0.2) is 41.3 Å². The Morgan fingerprint density at radius 1 is 0.644 bits per heavy atom. The van der Waals surface area contributed by atoms with Crippen molar-refractivity contribution in [3.63, 3.8) is 0 Å². The number of fused-ring (bicyclic) bond motifs is 11. The van der Waals surface area contributed by atoms with Gasteiger partial charge in [-0.1, -0.05) is 237 Å². The zero-order valence-corrected chi connectivity index (χ0v) is 65.3. The van der Waals surface area contributed by atoms with Crippen molar-refractivity contribution in [1.29, 1.82) is 0 Å². The van der Waals surface area contributed by atoms with Crippen molar-refractivity contribution in [3.8, 4) is 0 Å². The maximum absolute atomic E-state index is 3.32. The highest BCUT2D eigenvalue weighted by Crippen LogP contribution is 2.73. The van der Waals surface area contributed by atoms with Crippen LogP contribution in [0.3, 0.4) is 0 Å². The molecule has 0 spiro atoms. The quantitative estimate of drug-likeness (QED) is 0.154. The van der Waals surface area contributed by atoms with E-state index in [-0.39, 0.29) is 0 Å². The van der Waals surface area contributed by atoms with E-state index in [1.54, 1.807) is 71.2 Å². The maximum atomic E-state index is 3.32. The van der Waals surface area contributed by atoms with Crippen LogP contribution in [0.4, 0.5) is 0 Å². The normalized spacial score (nSPS) is 39.8. The van der Waals surface area contributed by atoms with E-state index in [2.05, 4.69) is 253 Å². The van der Waals surface area contributed by atoms with E-state index in [1.165, 1.54) is 135 Å². The zero-order chi connectivity index (χ0) is 69.7. The molecular weight excluding hydrogens is 1290 g/mol. The van der Waals surface area contributed by atoms with E-state index in [4.69, 9.17) is 0 Å². The molecule has 0 amide bonds. The molecule has 5 heteroatoms. The van der Waals surface area contributed by atoms with Gasteiger partial charge in [0.1, 0.15) is 7.28 Å². The number of thioether (sulfide) groups is 2. The highest BCUT2D eigenvalue weighted by molar-refractivity contribution is 8.02. The van der Waals surface area contributed by atoms with Gasteiger partial charge < -0.3 is 4.90 Å². The number of benzene rings is 2. The SMILES string of the molecule is CC1=CCCCC1/C(=C\C1C=C2C(=C(CC3=CCCCC3)C1)C1B(C3Sc4ccccc4C3C)C1C1=CC3C4[B]C5Sc6ccccc6C5CC(C5C=CC=CC5)C5C=C(/C(=C/C6CC=CCC6C)C6C=CCCC6C)CC(C45)N(C4=CCCCC4)C3C=C1CC2C1=CC=CCC1)C1CC=CCC1C. The van der Waals surface area contributed by atoms with Crippen LogP contribution < -0.4 is 0 Å². The van der Waals surface area contributed by atoms with Crippen LogP contribution in [0, 0.1) is 82.9 Å². The molecule has 0 bridgehead atoms. The summed E-state index contributed by atoms with van der Waals surface area (Å²) in [6.07, 6.45) is 90.6. The van der Waals surface area contributed by atoms with Gasteiger partial charge in [0.2, 0.25) is 0 Å². The fourth-order valence-corrected chi connectivity index (χ4v) is 28.6. The van der Waals surface area contributed by atoms with Crippen LogP contribution in [0.1, 0.15) is 218 Å². The molecule has 0 aromatic heterocycles. The van der Waals surface area contributed by atoms with Gasteiger partial charge in [0.05, 0.1) is 6.04 Å². The van der Waals surface area contributed by atoms with Crippen molar-refractivity contribution in [1.82, 2.24) is 4.90 Å². The third kappa shape index (κ3) is 12.8. The second-order valence-corrected chi connectivity index (χ2v) is 39.0. The standard InChI is InChI=1S/C99H118B2NS2/c1-61-30-18-22-40-70(61)54-81(75-43-23-19-31-62(75)2)71-56-86-82(69-38-14-8-15-39-69)59-87-79-47-27-29-49-92(79)103-98(87)100-95-88-60-83-72(57-89(88)102(90(58-71)94(86)95)74-41-16-9-17-42-74)55-80(68-36-12-7-13-37-68)85-53-67(52-84(76-44-24-20-32-63(76)3)77-45-25-21-33-64(77)4)51-73(50-66-34-10-6-11-35-66)93(85)97-96(83)101(97)99-65(5)78-46-26-28-48-91(78)104-99/h7-8,12,14-15,18,20,22-24,26-29,33-34,36,38,41,43,46-49,52-54,56-57,60-63,65,67,69-70,75-77,80,82,86-90,94-99H,6,9-11,13,16-17,19,21,25,30-32,35,37,39-40,42,44-45,50-51,55,58-59H2,1-5H3/b81-54-,84-52-. The first-order valence-electron chi connectivity index (χ1n) is 43.0. The van der Waals surface area contributed by atoms with Crippen molar-refractivity contribution in [3.05, 3.63) is 260 Å². The summed E-state index contributed by atoms with van der Waals surface area (Å²) < 4.78 is 0. The van der Waals surface area contributed by atoms with Gasteiger partial charge in [-0.2, -0.15) is 0 Å². The van der Waals surface area contributed by atoms with Crippen LogP contribution >= 0.6 is 23.5 Å². The molecule has 23 unspecified atom stereocenters. The largest absolute Gasteiger partial charge is 0.364 e. The summed E-state index contributed by atoms with van der Waals surface area (Å²) in [5, 5.41) is 0.997. The summed E-state index contributed by atoms with van der Waals surface area (Å²) >= 11 is 4.58. The Balaban J connectivity index is 0.830. The third-order valence-corrected chi connectivity index (χ3v) is 33.7. The predicted molar refractivity (Wildman–Crippen MR) is 445 cm³/mol. The second-order valence-electron chi connectivity index (χ2n) is 36.6.